The largest absolute Gasteiger partial charge is 0.484 e. The fourth-order valence-corrected chi connectivity index (χ4v) is 3.11. The summed E-state index contributed by atoms with van der Waals surface area (Å²) < 4.78 is 45.4. The molecular weight excluding hydrogens is 395 g/mol. The number of amides is 1. The van der Waals surface area contributed by atoms with Gasteiger partial charge in [0.1, 0.15) is 11.8 Å². The van der Waals surface area contributed by atoms with Crippen LogP contribution >= 0.6 is 12.4 Å². The van der Waals surface area contributed by atoms with Gasteiger partial charge in [-0.15, -0.1) is 12.4 Å². The molecule has 28 heavy (non-hydrogen) atoms. The second kappa shape index (κ2) is 9.95. The van der Waals surface area contributed by atoms with E-state index >= 15 is 0 Å². The quantitative estimate of drug-likeness (QED) is 0.758. The number of nitrogens with zero attached hydrogens (tertiary/aromatic N) is 1. The number of carbonyl (C=O) groups excluding carboxylic acids is 1. The number of carbonyl (C=O) groups is 1. The van der Waals surface area contributed by atoms with Gasteiger partial charge in [-0.3, -0.25) is 9.69 Å². The second-order valence-corrected chi connectivity index (χ2v) is 6.45. The Labute approximate surface area is 167 Å². The summed E-state index contributed by atoms with van der Waals surface area (Å²) in [6.07, 6.45) is -4.40. The zero-order valence-electron chi connectivity index (χ0n) is 15.2. The highest BCUT2D eigenvalue weighted by Crippen LogP contribution is 2.25. The van der Waals surface area contributed by atoms with Crippen LogP contribution in [0.25, 0.3) is 10.8 Å². The van der Waals surface area contributed by atoms with E-state index in [9.17, 15) is 18.0 Å². The zero-order chi connectivity index (χ0) is 19.3. The summed E-state index contributed by atoms with van der Waals surface area (Å²) in [7, 11) is 0. The van der Waals surface area contributed by atoms with Crippen molar-refractivity contribution in [3.63, 3.8) is 0 Å². The molecule has 1 atom stereocenters. The van der Waals surface area contributed by atoms with Gasteiger partial charge < -0.3 is 15.4 Å². The Bertz CT molecular complexity index is 782. The first kappa shape index (κ1) is 22.3. The minimum absolute atomic E-state index is 0. The molecule has 2 aromatic carbocycles. The van der Waals surface area contributed by atoms with Crippen LogP contribution in [0.2, 0.25) is 0 Å². The predicted octanol–water partition coefficient (Wildman–Crippen LogP) is 2.59. The number of fused-ring (bicyclic) bond motifs is 1. The summed E-state index contributed by atoms with van der Waals surface area (Å²) in [5.41, 5.74) is 0. The number of alkyl halides is 3. The highest BCUT2D eigenvalue weighted by atomic mass is 35.5. The summed E-state index contributed by atoms with van der Waals surface area (Å²) in [5, 5.41) is 7.37. The van der Waals surface area contributed by atoms with Crippen molar-refractivity contribution in [2.45, 2.75) is 12.2 Å². The molecule has 5 nitrogen and oxygen atoms in total. The van der Waals surface area contributed by atoms with Crippen molar-refractivity contribution >= 4 is 29.1 Å². The molecule has 9 heteroatoms. The van der Waals surface area contributed by atoms with E-state index in [-0.39, 0.29) is 19.0 Å². The van der Waals surface area contributed by atoms with E-state index in [1.165, 1.54) is 4.90 Å². The van der Waals surface area contributed by atoms with Gasteiger partial charge in [-0.25, -0.2) is 0 Å². The van der Waals surface area contributed by atoms with Gasteiger partial charge in [-0.1, -0.05) is 30.3 Å². The van der Waals surface area contributed by atoms with E-state index in [2.05, 4.69) is 10.6 Å². The lowest BCUT2D eigenvalue weighted by molar-refractivity contribution is -0.184. The zero-order valence-corrected chi connectivity index (χ0v) is 16.0. The molecule has 1 amide bonds. The molecule has 0 aliphatic carbocycles. The highest BCUT2D eigenvalue weighted by Gasteiger charge is 2.43. The molecule has 0 saturated carbocycles. The van der Waals surface area contributed by atoms with Crippen molar-refractivity contribution in [2.24, 2.45) is 0 Å². The number of rotatable bonds is 6. The molecule has 1 aliphatic rings. The van der Waals surface area contributed by atoms with Gasteiger partial charge in [0.2, 0.25) is 0 Å². The number of hydrogen-bond donors (Lipinski definition) is 2. The van der Waals surface area contributed by atoms with Crippen molar-refractivity contribution in [1.29, 1.82) is 0 Å². The molecule has 1 aliphatic heterocycles. The third kappa shape index (κ3) is 5.98. The first-order valence-electron chi connectivity index (χ1n) is 8.83. The Hall–Kier alpha value is -2.03. The van der Waals surface area contributed by atoms with Crippen LogP contribution in [0.5, 0.6) is 5.75 Å². The van der Waals surface area contributed by atoms with Crippen molar-refractivity contribution < 1.29 is 22.7 Å². The van der Waals surface area contributed by atoms with Crippen LogP contribution in [-0.2, 0) is 4.79 Å². The van der Waals surface area contributed by atoms with Crippen LogP contribution in [0.4, 0.5) is 13.2 Å². The van der Waals surface area contributed by atoms with Crippen molar-refractivity contribution in [3.05, 3.63) is 42.5 Å². The minimum Gasteiger partial charge on any atom is -0.484 e. The number of hydrogen-bond acceptors (Lipinski definition) is 4. The maximum atomic E-state index is 13.3. The molecule has 0 bridgehead atoms. The maximum Gasteiger partial charge on any atom is 0.405 e. The fourth-order valence-electron chi connectivity index (χ4n) is 3.11. The summed E-state index contributed by atoms with van der Waals surface area (Å²) >= 11 is 0. The monoisotopic (exact) mass is 417 g/mol. The predicted molar refractivity (Wildman–Crippen MR) is 104 cm³/mol. The number of ether oxygens (including phenoxy) is 1. The normalized spacial score (nSPS) is 16.2. The summed E-state index contributed by atoms with van der Waals surface area (Å²) in [4.78, 5) is 13.3. The number of piperazine rings is 1. The van der Waals surface area contributed by atoms with Crippen LogP contribution in [0.15, 0.2) is 42.5 Å². The van der Waals surface area contributed by atoms with Gasteiger partial charge in [0.15, 0.2) is 6.61 Å². The molecule has 0 spiro atoms. The fraction of sp³-hybridized carbons (Fsp3) is 0.421. The number of nitrogens with one attached hydrogen (secondary N) is 2. The Morgan fingerprint density at radius 1 is 1.14 bits per heavy atom. The van der Waals surface area contributed by atoms with Crippen molar-refractivity contribution in [3.8, 4) is 5.75 Å². The van der Waals surface area contributed by atoms with Gasteiger partial charge in [-0.2, -0.15) is 13.2 Å². The van der Waals surface area contributed by atoms with Gasteiger partial charge in [0.25, 0.3) is 5.91 Å². The van der Waals surface area contributed by atoms with E-state index in [0.717, 1.165) is 10.8 Å². The van der Waals surface area contributed by atoms with E-state index in [1.807, 2.05) is 30.3 Å². The average molecular weight is 418 g/mol. The second-order valence-electron chi connectivity index (χ2n) is 6.45. The summed E-state index contributed by atoms with van der Waals surface area (Å²) in [6.45, 7) is 0.798. The molecule has 1 unspecified atom stereocenters. The molecule has 0 aromatic heterocycles. The SMILES string of the molecule is Cl.O=C(COc1ccc2ccccc2c1)NCC(N1CCNCC1)C(F)(F)F. The molecule has 154 valence electrons. The summed E-state index contributed by atoms with van der Waals surface area (Å²) in [6, 6.07) is 11.4. The third-order valence-electron chi connectivity index (χ3n) is 4.55. The first-order valence-corrected chi connectivity index (χ1v) is 8.83. The van der Waals surface area contributed by atoms with E-state index in [1.54, 1.807) is 12.1 Å². The maximum absolute atomic E-state index is 13.3. The molecule has 2 N–H and O–H groups in total. The first-order chi connectivity index (χ1) is 12.9. The van der Waals surface area contributed by atoms with E-state index < -0.39 is 24.7 Å². The lowest BCUT2D eigenvalue weighted by Crippen LogP contribution is -2.57. The lowest BCUT2D eigenvalue weighted by Gasteiger charge is -2.35. The molecule has 0 radical (unpaired) electrons. The summed E-state index contributed by atoms with van der Waals surface area (Å²) in [5.74, 6) is -0.0779. The molecular formula is C19H23ClF3N3O2. The Morgan fingerprint density at radius 3 is 2.50 bits per heavy atom. The average Bonchev–Trinajstić information content (AvgIpc) is 2.66. The van der Waals surface area contributed by atoms with Crippen LogP contribution in [0, 0.1) is 0 Å². The van der Waals surface area contributed by atoms with Gasteiger partial charge in [0.05, 0.1) is 0 Å². The van der Waals surface area contributed by atoms with Crippen LogP contribution in [0.3, 0.4) is 0 Å². The Morgan fingerprint density at radius 2 is 1.82 bits per heavy atom. The van der Waals surface area contributed by atoms with E-state index in [4.69, 9.17) is 4.74 Å². The number of halogens is 4. The topological polar surface area (TPSA) is 53.6 Å². The standard InChI is InChI=1S/C19H22F3N3O2.ClH/c20-19(21,22)17(25-9-7-23-8-10-25)12-24-18(26)13-27-16-6-5-14-3-1-2-4-15(14)11-16;/h1-6,11,17,23H,7-10,12-13H2,(H,24,26);1H. The van der Waals surface area contributed by atoms with Gasteiger partial charge in [0, 0.05) is 32.7 Å². The lowest BCUT2D eigenvalue weighted by atomic mass is 10.1. The van der Waals surface area contributed by atoms with Gasteiger partial charge in [-0.05, 0) is 22.9 Å². The van der Waals surface area contributed by atoms with Crippen LogP contribution < -0.4 is 15.4 Å². The van der Waals surface area contributed by atoms with Crippen molar-refractivity contribution in [1.82, 2.24) is 15.5 Å². The van der Waals surface area contributed by atoms with Crippen LogP contribution in [0.1, 0.15) is 0 Å². The number of benzene rings is 2. The smallest absolute Gasteiger partial charge is 0.405 e. The highest BCUT2D eigenvalue weighted by molar-refractivity contribution is 5.85. The molecule has 2 aromatic rings. The van der Waals surface area contributed by atoms with Crippen molar-refractivity contribution in [2.75, 3.05) is 39.3 Å². The molecule has 1 heterocycles. The van der Waals surface area contributed by atoms with Gasteiger partial charge >= 0.3 is 6.18 Å². The van der Waals surface area contributed by atoms with Crippen LogP contribution in [-0.4, -0.2) is 62.4 Å². The molecule has 1 fully saturated rings. The third-order valence-corrected chi connectivity index (χ3v) is 4.55. The minimum atomic E-state index is -4.40. The Balaban J connectivity index is 0.00000280. The Kier molecular flexibility index (Phi) is 7.91. The molecule has 3 rings (SSSR count). The molecule has 1 saturated heterocycles. The van der Waals surface area contributed by atoms with E-state index in [0.29, 0.717) is 31.9 Å².